The quantitative estimate of drug-likeness (QED) is 0.491. The lowest BCUT2D eigenvalue weighted by Crippen LogP contribution is -2.18. The number of aromatic hydroxyl groups is 1. The van der Waals surface area contributed by atoms with Gasteiger partial charge in [0.15, 0.2) is 11.5 Å². The Kier molecular flexibility index (Phi) is 6.83. The number of hydrogen-bond donors (Lipinski definition) is 2. The predicted molar refractivity (Wildman–Crippen MR) is 103 cm³/mol. The zero-order chi connectivity index (χ0) is 18.4. The number of hydrazone groups is 1. The van der Waals surface area contributed by atoms with Crippen LogP contribution in [-0.4, -0.2) is 30.9 Å². The number of carbonyl (C=O) groups excluding carboxylic acids is 1. The lowest BCUT2D eigenvalue weighted by molar-refractivity contribution is 0.0952. The standard InChI is InChI=1S/C17H16Br2N2O4/c1-3-25-14-8-12(18)15(19)11(16(14)22)9-20-21-17(23)10-6-4-5-7-13(10)24-2/h4-9,22H,3H2,1-2H3,(H,21,23). The molecule has 2 rings (SSSR count). The van der Waals surface area contributed by atoms with E-state index in [4.69, 9.17) is 9.47 Å². The molecule has 0 aliphatic heterocycles. The van der Waals surface area contributed by atoms with E-state index < -0.39 is 5.91 Å². The van der Waals surface area contributed by atoms with Gasteiger partial charge in [-0.25, -0.2) is 5.43 Å². The van der Waals surface area contributed by atoms with Crippen molar-refractivity contribution >= 4 is 44.0 Å². The maximum atomic E-state index is 12.2. The molecule has 0 fully saturated rings. The van der Waals surface area contributed by atoms with E-state index >= 15 is 0 Å². The first-order valence-corrected chi connectivity index (χ1v) is 8.88. The van der Waals surface area contributed by atoms with Gasteiger partial charge >= 0.3 is 0 Å². The molecule has 0 aliphatic carbocycles. The summed E-state index contributed by atoms with van der Waals surface area (Å²) in [5, 5.41) is 14.2. The van der Waals surface area contributed by atoms with Crippen LogP contribution in [-0.2, 0) is 0 Å². The molecule has 2 aromatic carbocycles. The number of halogens is 2. The molecule has 0 atom stereocenters. The van der Waals surface area contributed by atoms with Crippen molar-refractivity contribution in [3.8, 4) is 17.2 Å². The minimum Gasteiger partial charge on any atom is -0.504 e. The Morgan fingerprint density at radius 3 is 2.72 bits per heavy atom. The van der Waals surface area contributed by atoms with Crippen LogP contribution < -0.4 is 14.9 Å². The molecule has 0 bridgehead atoms. The van der Waals surface area contributed by atoms with E-state index in [1.165, 1.54) is 13.3 Å². The van der Waals surface area contributed by atoms with Crippen LogP contribution in [0.4, 0.5) is 0 Å². The molecule has 0 unspecified atom stereocenters. The molecule has 8 heteroatoms. The number of nitrogens with one attached hydrogen (secondary N) is 1. The average Bonchev–Trinajstić information content (AvgIpc) is 2.62. The van der Waals surface area contributed by atoms with Crippen molar-refractivity contribution in [2.45, 2.75) is 6.92 Å². The fraction of sp³-hybridized carbons (Fsp3) is 0.176. The number of nitrogens with zero attached hydrogens (tertiary/aromatic N) is 1. The van der Waals surface area contributed by atoms with E-state index in [0.29, 0.717) is 38.2 Å². The summed E-state index contributed by atoms with van der Waals surface area (Å²) in [5.74, 6) is 0.256. The zero-order valence-corrected chi connectivity index (χ0v) is 16.7. The minimum atomic E-state index is -0.427. The monoisotopic (exact) mass is 470 g/mol. The molecule has 132 valence electrons. The topological polar surface area (TPSA) is 80.2 Å². The first kappa shape index (κ1) is 19.3. The fourth-order valence-electron chi connectivity index (χ4n) is 2.04. The Morgan fingerprint density at radius 1 is 1.32 bits per heavy atom. The highest BCUT2D eigenvalue weighted by Crippen LogP contribution is 2.39. The van der Waals surface area contributed by atoms with Gasteiger partial charge in [-0.2, -0.15) is 5.10 Å². The second kappa shape index (κ2) is 8.87. The molecular weight excluding hydrogens is 456 g/mol. The number of rotatable bonds is 6. The normalized spacial score (nSPS) is 10.7. The van der Waals surface area contributed by atoms with Crippen molar-refractivity contribution in [2.75, 3.05) is 13.7 Å². The van der Waals surface area contributed by atoms with Gasteiger partial charge < -0.3 is 14.6 Å². The number of phenolic OH excluding ortho intramolecular Hbond substituents is 1. The van der Waals surface area contributed by atoms with Gasteiger partial charge in [-0.05, 0) is 57.0 Å². The van der Waals surface area contributed by atoms with Crippen LogP contribution in [0.1, 0.15) is 22.8 Å². The summed E-state index contributed by atoms with van der Waals surface area (Å²) >= 11 is 6.74. The Bertz CT molecular complexity index is 809. The number of phenols is 1. The molecule has 25 heavy (non-hydrogen) atoms. The van der Waals surface area contributed by atoms with Crippen molar-refractivity contribution in [2.24, 2.45) is 5.10 Å². The van der Waals surface area contributed by atoms with Gasteiger partial charge in [0.2, 0.25) is 0 Å². The lowest BCUT2D eigenvalue weighted by Gasteiger charge is -2.11. The number of carbonyl (C=O) groups is 1. The molecule has 2 N–H and O–H groups in total. The second-order valence-corrected chi connectivity index (χ2v) is 6.41. The van der Waals surface area contributed by atoms with Crippen LogP contribution in [0.2, 0.25) is 0 Å². The summed E-state index contributed by atoms with van der Waals surface area (Å²) in [5.41, 5.74) is 3.14. The summed E-state index contributed by atoms with van der Waals surface area (Å²) in [6, 6.07) is 8.46. The highest BCUT2D eigenvalue weighted by atomic mass is 79.9. The molecule has 0 saturated carbocycles. The van der Waals surface area contributed by atoms with E-state index in [0.717, 1.165) is 0 Å². The van der Waals surface area contributed by atoms with E-state index in [2.05, 4.69) is 42.4 Å². The third-order valence-corrected chi connectivity index (χ3v) is 5.22. The average molecular weight is 472 g/mol. The van der Waals surface area contributed by atoms with Crippen LogP contribution in [0.5, 0.6) is 17.2 Å². The zero-order valence-electron chi connectivity index (χ0n) is 13.5. The van der Waals surface area contributed by atoms with E-state index in [1.807, 2.05) is 6.92 Å². The molecule has 0 heterocycles. The van der Waals surface area contributed by atoms with Gasteiger partial charge in [0, 0.05) is 8.95 Å². The third kappa shape index (κ3) is 4.52. The first-order valence-electron chi connectivity index (χ1n) is 7.29. The predicted octanol–water partition coefficient (Wildman–Crippen LogP) is 4.09. The molecule has 0 aliphatic rings. The van der Waals surface area contributed by atoms with Crippen LogP contribution in [0.3, 0.4) is 0 Å². The Balaban J connectivity index is 2.23. The number of methoxy groups -OCH3 is 1. The number of amides is 1. The first-order chi connectivity index (χ1) is 12.0. The summed E-state index contributed by atoms with van der Waals surface area (Å²) in [7, 11) is 1.49. The molecular formula is C17H16Br2N2O4. The number of ether oxygens (including phenoxy) is 2. The highest BCUT2D eigenvalue weighted by molar-refractivity contribution is 9.13. The van der Waals surface area contributed by atoms with Gasteiger partial charge in [-0.15, -0.1) is 0 Å². The summed E-state index contributed by atoms with van der Waals surface area (Å²) < 4.78 is 11.8. The van der Waals surface area contributed by atoms with Gasteiger partial charge in [-0.1, -0.05) is 12.1 Å². The lowest BCUT2D eigenvalue weighted by atomic mass is 10.2. The van der Waals surface area contributed by atoms with E-state index in [-0.39, 0.29) is 5.75 Å². The Labute approximate surface area is 162 Å². The van der Waals surface area contributed by atoms with Gasteiger partial charge in [0.1, 0.15) is 5.75 Å². The van der Waals surface area contributed by atoms with E-state index in [1.54, 1.807) is 30.3 Å². The molecule has 0 spiro atoms. The Morgan fingerprint density at radius 2 is 2.04 bits per heavy atom. The second-order valence-electron chi connectivity index (χ2n) is 4.77. The minimum absolute atomic E-state index is 0.0767. The van der Waals surface area contributed by atoms with Gasteiger partial charge in [-0.3, -0.25) is 4.79 Å². The maximum absolute atomic E-state index is 12.2. The smallest absolute Gasteiger partial charge is 0.275 e. The highest BCUT2D eigenvalue weighted by Gasteiger charge is 2.15. The summed E-state index contributed by atoms with van der Waals surface area (Å²) in [6.45, 7) is 2.22. The number of hydrogen-bond acceptors (Lipinski definition) is 5. The fourth-order valence-corrected chi connectivity index (χ4v) is 2.87. The van der Waals surface area contributed by atoms with Crippen molar-refractivity contribution in [1.29, 1.82) is 0 Å². The van der Waals surface area contributed by atoms with Crippen LogP contribution in [0.15, 0.2) is 44.4 Å². The molecule has 1 amide bonds. The van der Waals surface area contributed by atoms with Gasteiger partial charge in [0.05, 0.1) is 31.1 Å². The number of para-hydroxylation sites is 1. The molecule has 6 nitrogen and oxygen atoms in total. The summed E-state index contributed by atoms with van der Waals surface area (Å²) in [4.78, 5) is 12.2. The molecule has 0 radical (unpaired) electrons. The van der Waals surface area contributed by atoms with Crippen LogP contribution in [0.25, 0.3) is 0 Å². The van der Waals surface area contributed by atoms with Crippen LogP contribution >= 0.6 is 31.9 Å². The van der Waals surface area contributed by atoms with Crippen molar-refractivity contribution < 1.29 is 19.4 Å². The molecule has 2 aromatic rings. The number of benzene rings is 2. The van der Waals surface area contributed by atoms with Crippen molar-refractivity contribution in [1.82, 2.24) is 5.43 Å². The van der Waals surface area contributed by atoms with Gasteiger partial charge in [0.25, 0.3) is 5.91 Å². The molecule has 0 saturated heterocycles. The third-order valence-electron chi connectivity index (χ3n) is 3.20. The van der Waals surface area contributed by atoms with Crippen LogP contribution in [0, 0.1) is 0 Å². The largest absolute Gasteiger partial charge is 0.504 e. The van der Waals surface area contributed by atoms with Crippen molar-refractivity contribution in [3.05, 3.63) is 50.4 Å². The molecule has 0 aromatic heterocycles. The maximum Gasteiger partial charge on any atom is 0.275 e. The summed E-state index contributed by atoms with van der Waals surface area (Å²) in [6.07, 6.45) is 1.33. The Hall–Kier alpha value is -2.06. The van der Waals surface area contributed by atoms with Crippen molar-refractivity contribution in [3.63, 3.8) is 0 Å². The van der Waals surface area contributed by atoms with E-state index in [9.17, 15) is 9.90 Å². The SMILES string of the molecule is CCOc1cc(Br)c(Br)c(C=NNC(=O)c2ccccc2OC)c1O.